The zero-order valence-electron chi connectivity index (χ0n) is 12.2. The molecule has 0 radical (unpaired) electrons. The van der Waals surface area contributed by atoms with E-state index in [9.17, 15) is 0 Å². The monoisotopic (exact) mass is 253 g/mol. The van der Waals surface area contributed by atoms with Crippen LogP contribution in [-0.2, 0) is 0 Å². The quantitative estimate of drug-likeness (QED) is 0.700. The van der Waals surface area contributed by atoms with E-state index in [-0.39, 0.29) is 0 Å². The van der Waals surface area contributed by atoms with E-state index >= 15 is 0 Å². The first-order valence-electron chi connectivity index (χ1n) is 8.07. The van der Waals surface area contributed by atoms with Gasteiger partial charge in [-0.25, -0.2) is 0 Å². The molecule has 0 amide bonds. The Bertz CT molecular complexity index is 220. The van der Waals surface area contributed by atoms with Crippen LogP contribution in [0.25, 0.3) is 0 Å². The first-order valence-corrected chi connectivity index (χ1v) is 8.07. The van der Waals surface area contributed by atoms with Gasteiger partial charge in [-0.3, -0.25) is 4.90 Å². The van der Waals surface area contributed by atoms with Gasteiger partial charge >= 0.3 is 0 Å². The predicted molar refractivity (Wildman–Crippen MR) is 78.0 cm³/mol. The number of rotatable bonds is 7. The standard InChI is InChI=1S/C15H31N3/c1-2-3-4-5-6-7-9-17-11-12-18-10-8-16-13-15(18)14-17/h15-16H,2-14H2,1H3. The lowest BCUT2D eigenvalue weighted by Crippen LogP contribution is -2.61. The number of fused-ring (bicyclic) bond motifs is 1. The highest BCUT2D eigenvalue weighted by Gasteiger charge is 2.28. The highest BCUT2D eigenvalue weighted by atomic mass is 15.3. The van der Waals surface area contributed by atoms with Crippen molar-refractivity contribution < 1.29 is 0 Å². The maximum Gasteiger partial charge on any atom is 0.0348 e. The number of unbranched alkanes of at least 4 members (excludes halogenated alkanes) is 5. The zero-order valence-corrected chi connectivity index (χ0v) is 12.2. The third kappa shape index (κ3) is 4.52. The van der Waals surface area contributed by atoms with Gasteiger partial charge in [0.25, 0.3) is 0 Å². The molecule has 1 atom stereocenters. The summed E-state index contributed by atoms with van der Waals surface area (Å²) < 4.78 is 0. The van der Waals surface area contributed by atoms with Gasteiger partial charge in [0.15, 0.2) is 0 Å². The number of hydrogen-bond acceptors (Lipinski definition) is 3. The van der Waals surface area contributed by atoms with Crippen molar-refractivity contribution >= 4 is 0 Å². The Kier molecular flexibility index (Phi) is 6.46. The molecule has 3 nitrogen and oxygen atoms in total. The van der Waals surface area contributed by atoms with E-state index in [4.69, 9.17) is 0 Å². The van der Waals surface area contributed by atoms with Gasteiger partial charge in [0.05, 0.1) is 0 Å². The number of nitrogens with zero attached hydrogens (tertiary/aromatic N) is 2. The molecule has 0 bridgehead atoms. The number of hydrogen-bond donors (Lipinski definition) is 1. The van der Waals surface area contributed by atoms with Crippen molar-refractivity contribution in [2.24, 2.45) is 0 Å². The van der Waals surface area contributed by atoms with Gasteiger partial charge in [-0.15, -0.1) is 0 Å². The van der Waals surface area contributed by atoms with Crippen LogP contribution in [0.5, 0.6) is 0 Å². The van der Waals surface area contributed by atoms with E-state index in [2.05, 4.69) is 22.0 Å². The molecular formula is C15H31N3. The summed E-state index contributed by atoms with van der Waals surface area (Å²) in [6, 6.07) is 0.785. The molecule has 1 unspecified atom stereocenters. The lowest BCUT2D eigenvalue weighted by Gasteiger charge is -2.44. The van der Waals surface area contributed by atoms with Crippen molar-refractivity contribution in [3.8, 4) is 0 Å². The fraction of sp³-hybridized carbons (Fsp3) is 1.00. The van der Waals surface area contributed by atoms with Crippen LogP contribution in [0.15, 0.2) is 0 Å². The molecule has 3 heteroatoms. The van der Waals surface area contributed by atoms with Crippen LogP contribution in [0.2, 0.25) is 0 Å². The topological polar surface area (TPSA) is 18.5 Å². The van der Waals surface area contributed by atoms with Crippen LogP contribution < -0.4 is 5.32 Å². The highest BCUT2D eigenvalue weighted by Crippen LogP contribution is 2.13. The zero-order chi connectivity index (χ0) is 12.6. The molecule has 2 rings (SSSR count). The lowest BCUT2D eigenvalue weighted by atomic mass is 10.1. The van der Waals surface area contributed by atoms with Crippen molar-refractivity contribution in [2.75, 3.05) is 45.8 Å². The van der Waals surface area contributed by atoms with E-state index in [0.29, 0.717) is 0 Å². The molecule has 2 aliphatic heterocycles. The van der Waals surface area contributed by atoms with E-state index in [1.807, 2.05) is 0 Å². The molecule has 0 aliphatic carbocycles. The van der Waals surface area contributed by atoms with Crippen molar-refractivity contribution in [3.63, 3.8) is 0 Å². The highest BCUT2D eigenvalue weighted by molar-refractivity contribution is 4.86. The Balaban J connectivity index is 1.54. The van der Waals surface area contributed by atoms with Gasteiger partial charge in [-0.2, -0.15) is 0 Å². The molecule has 0 aromatic heterocycles. The van der Waals surface area contributed by atoms with Crippen molar-refractivity contribution in [1.29, 1.82) is 0 Å². The van der Waals surface area contributed by atoms with Crippen LogP contribution in [0.1, 0.15) is 45.4 Å². The van der Waals surface area contributed by atoms with Gasteiger partial charge < -0.3 is 10.2 Å². The summed E-state index contributed by atoms with van der Waals surface area (Å²) in [4.78, 5) is 5.36. The average Bonchev–Trinajstić information content (AvgIpc) is 2.42. The first kappa shape index (κ1) is 14.3. The van der Waals surface area contributed by atoms with Crippen LogP contribution >= 0.6 is 0 Å². The summed E-state index contributed by atoms with van der Waals surface area (Å²) in [5, 5.41) is 3.53. The van der Waals surface area contributed by atoms with Crippen molar-refractivity contribution in [3.05, 3.63) is 0 Å². The summed E-state index contributed by atoms with van der Waals surface area (Å²) in [5.74, 6) is 0. The van der Waals surface area contributed by atoms with Crippen LogP contribution in [0.3, 0.4) is 0 Å². The Morgan fingerprint density at radius 1 is 1.00 bits per heavy atom. The Morgan fingerprint density at radius 3 is 2.72 bits per heavy atom. The molecule has 0 spiro atoms. The SMILES string of the molecule is CCCCCCCCN1CCN2CCNCC2C1. The maximum absolute atomic E-state index is 3.53. The van der Waals surface area contributed by atoms with E-state index < -0.39 is 0 Å². The minimum absolute atomic E-state index is 0.785. The molecule has 0 aromatic rings. The second-order valence-electron chi connectivity index (χ2n) is 5.96. The van der Waals surface area contributed by atoms with Gasteiger partial charge in [0, 0.05) is 45.3 Å². The van der Waals surface area contributed by atoms with Gasteiger partial charge in [0.2, 0.25) is 0 Å². The Labute approximate surface area is 113 Å². The summed E-state index contributed by atoms with van der Waals surface area (Å²) in [6.07, 6.45) is 8.51. The third-order valence-electron chi connectivity index (χ3n) is 4.47. The predicted octanol–water partition coefficient (Wildman–Crippen LogP) is 1.94. The molecule has 2 saturated heterocycles. The fourth-order valence-corrected chi connectivity index (χ4v) is 3.26. The second-order valence-corrected chi connectivity index (χ2v) is 5.96. The fourth-order valence-electron chi connectivity index (χ4n) is 3.26. The molecule has 1 N–H and O–H groups in total. The second kappa shape index (κ2) is 8.13. The van der Waals surface area contributed by atoms with E-state index in [0.717, 1.165) is 6.04 Å². The first-order chi connectivity index (χ1) is 8.90. The van der Waals surface area contributed by atoms with Gasteiger partial charge in [0.1, 0.15) is 0 Å². The normalized spacial score (nSPS) is 26.2. The molecule has 106 valence electrons. The minimum atomic E-state index is 0.785. The van der Waals surface area contributed by atoms with Crippen molar-refractivity contribution in [2.45, 2.75) is 51.5 Å². The van der Waals surface area contributed by atoms with Crippen molar-refractivity contribution in [1.82, 2.24) is 15.1 Å². The summed E-state index contributed by atoms with van der Waals surface area (Å²) in [6.45, 7) is 11.2. The van der Waals surface area contributed by atoms with Gasteiger partial charge in [-0.1, -0.05) is 39.0 Å². The lowest BCUT2D eigenvalue weighted by molar-refractivity contribution is 0.0572. The summed E-state index contributed by atoms with van der Waals surface area (Å²) >= 11 is 0. The van der Waals surface area contributed by atoms with Gasteiger partial charge in [-0.05, 0) is 13.0 Å². The Hall–Kier alpha value is -0.120. The molecule has 2 fully saturated rings. The molecule has 0 aromatic carbocycles. The molecule has 18 heavy (non-hydrogen) atoms. The third-order valence-corrected chi connectivity index (χ3v) is 4.47. The average molecular weight is 253 g/mol. The smallest absolute Gasteiger partial charge is 0.0348 e. The largest absolute Gasteiger partial charge is 0.314 e. The summed E-state index contributed by atoms with van der Waals surface area (Å²) in [7, 11) is 0. The number of nitrogens with one attached hydrogen (secondary N) is 1. The van der Waals surface area contributed by atoms with Crippen LogP contribution in [-0.4, -0.2) is 61.7 Å². The summed E-state index contributed by atoms with van der Waals surface area (Å²) in [5.41, 5.74) is 0. The van der Waals surface area contributed by atoms with E-state index in [1.54, 1.807) is 0 Å². The molecular weight excluding hydrogens is 222 g/mol. The van der Waals surface area contributed by atoms with E-state index in [1.165, 1.54) is 84.3 Å². The molecule has 0 saturated carbocycles. The number of piperazine rings is 2. The molecule has 2 heterocycles. The molecule has 2 aliphatic rings. The van der Waals surface area contributed by atoms with Crippen LogP contribution in [0, 0.1) is 0 Å². The Morgan fingerprint density at radius 2 is 1.83 bits per heavy atom. The minimum Gasteiger partial charge on any atom is -0.314 e. The maximum atomic E-state index is 3.53. The van der Waals surface area contributed by atoms with Crippen LogP contribution in [0.4, 0.5) is 0 Å².